The van der Waals surface area contributed by atoms with Crippen molar-refractivity contribution >= 4 is 11.6 Å². The van der Waals surface area contributed by atoms with Crippen molar-refractivity contribution in [2.45, 2.75) is 12.8 Å². The van der Waals surface area contributed by atoms with E-state index in [9.17, 15) is 0 Å². The summed E-state index contributed by atoms with van der Waals surface area (Å²) in [7, 11) is 0. The van der Waals surface area contributed by atoms with Crippen LogP contribution in [0.15, 0.2) is 36.4 Å². The van der Waals surface area contributed by atoms with Gasteiger partial charge in [0.2, 0.25) is 0 Å². The number of nitrogens with two attached hydrogens (primary N) is 1. The normalized spacial score (nSPS) is 10.9. The molecule has 0 aliphatic carbocycles. The molecule has 1 aromatic carbocycles. The molecule has 0 saturated carbocycles. The summed E-state index contributed by atoms with van der Waals surface area (Å²) < 4.78 is 0. The summed E-state index contributed by atoms with van der Waals surface area (Å²) in [5, 5.41) is 0.787. The van der Waals surface area contributed by atoms with Crippen LogP contribution in [0.25, 0.3) is 0 Å². The van der Waals surface area contributed by atoms with Crippen molar-refractivity contribution in [2.75, 3.05) is 6.54 Å². The molecule has 1 nitrogen and oxygen atoms in total. The minimum atomic E-state index is 0.719. The van der Waals surface area contributed by atoms with Gasteiger partial charge in [-0.25, -0.2) is 0 Å². The van der Waals surface area contributed by atoms with E-state index in [1.54, 1.807) is 0 Å². The van der Waals surface area contributed by atoms with E-state index in [4.69, 9.17) is 17.3 Å². The monoisotopic (exact) mass is 195 g/mol. The molecular weight excluding hydrogens is 182 g/mol. The minimum absolute atomic E-state index is 0.719. The van der Waals surface area contributed by atoms with Gasteiger partial charge in [-0.05, 0) is 37.1 Å². The van der Waals surface area contributed by atoms with Crippen LogP contribution in [0.2, 0.25) is 5.02 Å². The maximum absolute atomic E-state index is 5.76. The zero-order valence-electron chi connectivity index (χ0n) is 7.54. The summed E-state index contributed by atoms with van der Waals surface area (Å²) in [5.74, 6) is 0. The fourth-order valence-electron chi connectivity index (χ4n) is 1.05. The summed E-state index contributed by atoms with van der Waals surface area (Å²) in [4.78, 5) is 0. The number of benzene rings is 1. The van der Waals surface area contributed by atoms with Gasteiger partial charge in [-0.1, -0.05) is 35.9 Å². The average molecular weight is 196 g/mol. The van der Waals surface area contributed by atoms with Crippen molar-refractivity contribution < 1.29 is 0 Å². The molecule has 2 N–H and O–H groups in total. The number of rotatable bonds is 4. The molecule has 1 aromatic rings. The molecule has 0 amide bonds. The number of hydrogen-bond donors (Lipinski definition) is 1. The van der Waals surface area contributed by atoms with Gasteiger partial charge >= 0.3 is 0 Å². The highest BCUT2D eigenvalue weighted by atomic mass is 35.5. The smallest absolute Gasteiger partial charge is 0.0406 e. The first-order valence-electron chi connectivity index (χ1n) is 4.42. The van der Waals surface area contributed by atoms with Gasteiger partial charge in [-0.15, -0.1) is 0 Å². The predicted molar refractivity (Wildman–Crippen MR) is 58.0 cm³/mol. The second-order valence-electron chi connectivity index (χ2n) is 2.88. The summed E-state index contributed by atoms with van der Waals surface area (Å²) in [6, 6.07) is 7.89. The fourth-order valence-corrected chi connectivity index (χ4v) is 1.18. The topological polar surface area (TPSA) is 26.0 Å². The van der Waals surface area contributed by atoms with Crippen LogP contribution in [0, 0.1) is 0 Å². The highest BCUT2D eigenvalue weighted by Gasteiger charge is 1.88. The van der Waals surface area contributed by atoms with Crippen LogP contribution in [0.1, 0.15) is 12.0 Å². The largest absolute Gasteiger partial charge is 0.330 e. The Kier molecular flexibility index (Phi) is 4.58. The van der Waals surface area contributed by atoms with Crippen LogP contribution >= 0.6 is 11.6 Å². The molecule has 0 aliphatic heterocycles. The lowest BCUT2D eigenvalue weighted by molar-refractivity contribution is 1.00. The van der Waals surface area contributed by atoms with E-state index in [-0.39, 0.29) is 0 Å². The van der Waals surface area contributed by atoms with Gasteiger partial charge in [-0.3, -0.25) is 0 Å². The van der Waals surface area contributed by atoms with Gasteiger partial charge in [0.15, 0.2) is 0 Å². The Morgan fingerprint density at radius 3 is 2.46 bits per heavy atom. The molecule has 0 fully saturated rings. The van der Waals surface area contributed by atoms with Crippen molar-refractivity contribution in [3.63, 3.8) is 0 Å². The Bertz CT molecular complexity index is 264. The lowest BCUT2D eigenvalue weighted by Gasteiger charge is -1.95. The maximum Gasteiger partial charge on any atom is 0.0406 e. The van der Waals surface area contributed by atoms with E-state index < -0.39 is 0 Å². The fraction of sp³-hybridized carbons (Fsp3) is 0.273. The van der Waals surface area contributed by atoms with E-state index in [2.05, 4.69) is 12.2 Å². The van der Waals surface area contributed by atoms with Gasteiger partial charge in [0.25, 0.3) is 0 Å². The first-order chi connectivity index (χ1) is 6.33. The van der Waals surface area contributed by atoms with Crippen molar-refractivity contribution in [3.8, 4) is 0 Å². The molecule has 0 unspecified atom stereocenters. The Labute approximate surface area is 84.2 Å². The Balaban J connectivity index is 2.41. The quantitative estimate of drug-likeness (QED) is 0.735. The molecule has 1 rings (SSSR count). The van der Waals surface area contributed by atoms with Crippen LogP contribution in [-0.2, 0) is 6.42 Å². The molecule has 0 aliphatic rings. The third-order valence-corrected chi connectivity index (χ3v) is 2.02. The molecule has 2 heteroatoms. The van der Waals surface area contributed by atoms with Gasteiger partial charge in [0.05, 0.1) is 0 Å². The first kappa shape index (κ1) is 10.3. The lowest BCUT2D eigenvalue weighted by atomic mass is 10.1. The van der Waals surface area contributed by atoms with Crippen LogP contribution in [0.4, 0.5) is 0 Å². The van der Waals surface area contributed by atoms with Crippen molar-refractivity contribution in [2.24, 2.45) is 5.73 Å². The second kappa shape index (κ2) is 5.79. The Morgan fingerprint density at radius 1 is 1.15 bits per heavy atom. The number of halogens is 1. The molecule has 0 spiro atoms. The van der Waals surface area contributed by atoms with Crippen LogP contribution in [-0.4, -0.2) is 6.54 Å². The summed E-state index contributed by atoms with van der Waals surface area (Å²) in [5.41, 5.74) is 6.63. The SMILES string of the molecule is NCCC=CCc1ccc(Cl)cc1. The van der Waals surface area contributed by atoms with E-state index in [1.165, 1.54) is 5.56 Å². The van der Waals surface area contributed by atoms with E-state index in [0.29, 0.717) is 0 Å². The Morgan fingerprint density at radius 2 is 1.85 bits per heavy atom. The van der Waals surface area contributed by atoms with Crippen molar-refractivity contribution in [1.82, 2.24) is 0 Å². The highest BCUT2D eigenvalue weighted by Crippen LogP contribution is 2.10. The number of allylic oxidation sites excluding steroid dienone is 1. The van der Waals surface area contributed by atoms with Gasteiger partial charge < -0.3 is 5.73 Å². The minimum Gasteiger partial charge on any atom is -0.330 e. The van der Waals surface area contributed by atoms with Gasteiger partial charge in [-0.2, -0.15) is 0 Å². The second-order valence-corrected chi connectivity index (χ2v) is 3.32. The van der Waals surface area contributed by atoms with Gasteiger partial charge in [0, 0.05) is 5.02 Å². The van der Waals surface area contributed by atoms with Crippen LogP contribution in [0.5, 0.6) is 0 Å². The van der Waals surface area contributed by atoms with Crippen LogP contribution < -0.4 is 5.73 Å². The van der Waals surface area contributed by atoms with E-state index >= 15 is 0 Å². The predicted octanol–water partition coefficient (Wildman–Crippen LogP) is 2.79. The molecular formula is C11H14ClN. The summed E-state index contributed by atoms with van der Waals surface area (Å²) in [6.45, 7) is 0.719. The van der Waals surface area contributed by atoms with Crippen molar-refractivity contribution in [3.05, 3.63) is 47.0 Å². The highest BCUT2D eigenvalue weighted by molar-refractivity contribution is 6.30. The van der Waals surface area contributed by atoms with Crippen LogP contribution in [0.3, 0.4) is 0 Å². The molecule has 0 radical (unpaired) electrons. The molecule has 0 heterocycles. The average Bonchev–Trinajstić information content (AvgIpc) is 2.15. The summed E-state index contributed by atoms with van der Waals surface area (Å²) >= 11 is 5.76. The molecule has 0 saturated heterocycles. The lowest BCUT2D eigenvalue weighted by Crippen LogP contribution is -1.95. The Hall–Kier alpha value is -0.790. The molecule has 70 valence electrons. The zero-order valence-corrected chi connectivity index (χ0v) is 8.30. The van der Waals surface area contributed by atoms with Gasteiger partial charge in [0.1, 0.15) is 0 Å². The van der Waals surface area contributed by atoms with E-state index in [0.717, 1.165) is 24.4 Å². The zero-order chi connectivity index (χ0) is 9.52. The molecule has 0 aromatic heterocycles. The molecule has 0 bridgehead atoms. The maximum atomic E-state index is 5.76. The van der Waals surface area contributed by atoms with Crippen molar-refractivity contribution in [1.29, 1.82) is 0 Å². The first-order valence-corrected chi connectivity index (χ1v) is 4.80. The third-order valence-electron chi connectivity index (χ3n) is 1.77. The summed E-state index contributed by atoms with van der Waals surface area (Å²) in [6.07, 6.45) is 6.15. The van der Waals surface area contributed by atoms with E-state index in [1.807, 2.05) is 24.3 Å². The number of hydrogen-bond acceptors (Lipinski definition) is 1. The third kappa shape index (κ3) is 4.11. The molecule has 0 atom stereocenters. The molecule has 13 heavy (non-hydrogen) atoms. The standard InChI is InChI=1S/C11H14ClN/c12-11-7-5-10(6-8-11)4-2-1-3-9-13/h1-2,5-8H,3-4,9,13H2.